The Morgan fingerprint density at radius 3 is 2.36 bits per heavy atom. The van der Waals surface area contributed by atoms with E-state index in [1.54, 1.807) is 0 Å². The van der Waals surface area contributed by atoms with Crippen molar-refractivity contribution in [2.45, 2.75) is 103 Å². The minimum absolute atomic E-state index is 0.101. The van der Waals surface area contributed by atoms with Crippen LogP contribution in [0, 0.1) is 58.1 Å². The van der Waals surface area contributed by atoms with E-state index in [0.29, 0.717) is 34.4 Å². The average Bonchev–Trinajstić information content (AvgIpc) is 3.31. The normalized spacial score (nSPS) is 40.4. The molecule has 0 heterocycles. The van der Waals surface area contributed by atoms with Crippen LogP contribution in [0.4, 0.5) is 9.18 Å². The lowest BCUT2D eigenvalue weighted by atomic mass is 9.41. The Bertz CT molecular complexity index is 1240. The van der Waals surface area contributed by atoms with E-state index in [4.69, 9.17) is 4.74 Å². The second-order valence-corrected chi connectivity index (χ2v) is 16.4. The van der Waals surface area contributed by atoms with Crippen LogP contribution in [0.5, 0.6) is 0 Å². The zero-order chi connectivity index (χ0) is 30.6. The van der Waals surface area contributed by atoms with Crippen molar-refractivity contribution in [2.24, 2.45) is 52.3 Å². The first kappa shape index (κ1) is 31.7. The summed E-state index contributed by atoms with van der Waals surface area (Å²) in [6.45, 7) is 9.40. The van der Waals surface area contributed by atoms with Gasteiger partial charge in [-0.1, -0.05) is 34.1 Å². The van der Waals surface area contributed by atoms with Gasteiger partial charge in [-0.25, -0.2) is 21.9 Å². The maximum atomic E-state index is 13.2. The largest absolute Gasteiger partial charge is 0.449 e. The van der Waals surface area contributed by atoms with Gasteiger partial charge in [0, 0.05) is 7.05 Å². The molecule has 0 radical (unpaired) electrons. The van der Waals surface area contributed by atoms with E-state index in [-0.39, 0.29) is 52.3 Å². The first-order chi connectivity index (χ1) is 19.8. The van der Waals surface area contributed by atoms with Crippen LogP contribution in [0.1, 0.15) is 85.5 Å². The number of sulfonamides is 1. The molecule has 9 heteroatoms. The number of benzene rings is 1. The Hall–Kier alpha value is -1.71. The van der Waals surface area contributed by atoms with Gasteiger partial charge >= 0.3 is 6.09 Å². The lowest BCUT2D eigenvalue weighted by Gasteiger charge is -2.64. The Kier molecular flexibility index (Phi) is 8.80. The molecule has 42 heavy (non-hydrogen) atoms. The molecule has 236 valence electrons. The van der Waals surface area contributed by atoms with Crippen LogP contribution in [0.3, 0.4) is 0 Å². The van der Waals surface area contributed by atoms with Crippen molar-refractivity contribution in [2.75, 3.05) is 13.7 Å². The van der Waals surface area contributed by atoms with Crippen LogP contribution in [0.25, 0.3) is 0 Å². The molecule has 1 aromatic carbocycles. The first-order valence-corrected chi connectivity index (χ1v) is 17.5. The van der Waals surface area contributed by atoms with Crippen LogP contribution in [-0.2, 0) is 14.8 Å². The molecule has 0 aliphatic heterocycles. The number of amides is 1. The molecule has 0 unspecified atom stereocenters. The van der Waals surface area contributed by atoms with Gasteiger partial charge in [-0.2, -0.15) is 0 Å². The molecule has 1 aromatic rings. The van der Waals surface area contributed by atoms with Crippen molar-refractivity contribution in [3.05, 3.63) is 30.1 Å². The van der Waals surface area contributed by atoms with Gasteiger partial charge in [0.25, 0.3) is 10.0 Å². The van der Waals surface area contributed by atoms with E-state index in [9.17, 15) is 27.8 Å². The summed E-state index contributed by atoms with van der Waals surface area (Å²) in [6, 6.07) is 4.35. The molecule has 7 nitrogen and oxygen atoms in total. The van der Waals surface area contributed by atoms with E-state index in [1.165, 1.54) is 0 Å². The zero-order valence-electron chi connectivity index (χ0n) is 25.8. The van der Waals surface area contributed by atoms with E-state index in [0.717, 1.165) is 82.7 Å². The number of fused-ring (bicyclic) bond motifs is 5. The number of carbonyl (C=O) groups excluding carboxylic acids is 1. The summed E-state index contributed by atoms with van der Waals surface area (Å²) >= 11 is 0. The Balaban J connectivity index is 1.23. The van der Waals surface area contributed by atoms with Gasteiger partial charge in [0.1, 0.15) is 5.82 Å². The fourth-order valence-electron chi connectivity index (χ4n) is 10.4. The molecule has 1 amide bonds. The van der Waals surface area contributed by atoms with E-state index < -0.39 is 21.9 Å². The Morgan fingerprint density at radius 1 is 1.05 bits per heavy atom. The molecule has 4 aliphatic rings. The summed E-state index contributed by atoms with van der Waals surface area (Å²) in [5.41, 5.74) is 0.271. The number of rotatable bonds is 7. The maximum absolute atomic E-state index is 13.2. The van der Waals surface area contributed by atoms with Gasteiger partial charge in [-0.3, -0.25) is 0 Å². The number of aliphatic hydroxyl groups is 2. The molecule has 0 spiro atoms. The smallest absolute Gasteiger partial charge is 0.423 e. The van der Waals surface area contributed by atoms with Crippen molar-refractivity contribution < 1.29 is 32.6 Å². The van der Waals surface area contributed by atoms with E-state index in [1.807, 2.05) is 0 Å². The standard InChI is InChI=1S/C33H50FNO6S/c1-6-24-28-19-22(36)13-16-33(28,4)27-14-17-32(3)25(11-12-26(32)29(27)30(24)37)20(2)15-18-41-31(38)35(5)42(39,40)23-9-7-21(34)8-10-23/h7-10,20,22,24-30,36-37H,6,11-19H2,1-5H3/t20-,22-,24-,25-,26+,27+,28+,29+,30-,32-,33-/m1/s1. The number of hydrogen-bond donors (Lipinski definition) is 2. The number of hydrogen-bond acceptors (Lipinski definition) is 6. The molecule has 4 fully saturated rings. The highest BCUT2D eigenvalue weighted by atomic mass is 32.2. The summed E-state index contributed by atoms with van der Waals surface area (Å²) in [5.74, 6) is 1.99. The summed E-state index contributed by atoms with van der Waals surface area (Å²) in [6.07, 6.45) is 7.19. The van der Waals surface area contributed by atoms with Gasteiger partial charge < -0.3 is 14.9 Å². The second kappa shape index (κ2) is 11.7. The van der Waals surface area contributed by atoms with Crippen LogP contribution in [-0.4, -0.2) is 54.9 Å². The van der Waals surface area contributed by atoms with E-state index >= 15 is 0 Å². The predicted molar refractivity (Wildman–Crippen MR) is 158 cm³/mol. The molecular formula is C33H50FNO6S. The van der Waals surface area contributed by atoms with Crippen LogP contribution in [0.2, 0.25) is 0 Å². The highest BCUT2D eigenvalue weighted by Crippen LogP contribution is 2.69. The number of carbonyl (C=O) groups is 1. The summed E-state index contributed by atoms with van der Waals surface area (Å²) in [7, 11) is -2.98. The van der Waals surface area contributed by atoms with Gasteiger partial charge in [0.05, 0.1) is 23.7 Å². The zero-order valence-corrected chi connectivity index (χ0v) is 26.7. The first-order valence-electron chi connectivity index (χ1n) is 16.0. The second-order valence-electron chi connectivity index (χ2n) is 14.4. The van der Waals surface area contributed by atoms with Gasteiger partial charge in [0.2, 0.25) is 0 Å². The summed E-state index contributed by atoms with van der Waals surface area (Å²) < 4.78 is 44.8. The minimum Gasteiger partial charge on any atom is -0.449 e. The Labute approximate surface area is 251 Å². The fourth-order valence-corrected chi connectivity index (χ4v) is 11.5. The van der Waals surface area contributed by atoms with E-state index in [2.05, 4.69) is 27.7 Å². The average molecular weight is 608 g/mol. The minimum atomic E-state index is -4.13. The van der Waals surface area contributed by atoms with Crippen molar-refractivity contribution >= 4 is 16.1 Å². The summed E-state index contributed by atoms with van der Waals surface area (Å²) in [5, 5.41) is 22.4. The van der Waals surface area contributed by atoms with Crippen molar-refractivity contribution in [1.82, 2.24) is 4.31 Å². The van der Waals surface area contributed by atoms with Crippen LogP contribution in [0.15, 0.2) is 29.2 Å². The lowest BCUT2D eigenvalue weighted by molar-refractivity contribution is -0.203. The third-order valence-corrected chi connectivity index (χ3v) is 14.4. The molecule has 4 aliphatic carbocycles. The molecule has 0 saturated heterocycles. The Morgan fingerprint density at radius 2 is 1.69 bits per heavy atom. The van der Waals surface area contributed by atoms with Crippen molar-refractivity contribution in [3.63, 3.8) is 0 Å². The van der Waals surface area contributed by atoms with Crippen LogP contribution < -0.4 is 0 Å². The van der Waals surface area contributed by atoms with Gasteiger partial charge in [-0.05, 0) is 128 Å². The van der Waals surface area contributed by atoms with Crippen LogP contribution >= 0.6 is 0 Å². The highest BCUT2D eigenvalue weighted by Gasteiger charge is 2.64. The molecule has 2 N–H and O–H groups in total. The molecule has 5 rings (SSSR count). The third kappa shape index (κ3) is 5.19. The molecular weight excluding hydrogens is 557 g/mol. The maximum Gasteiger partial charge on any atom is 0.423 e. The van der Waals surface area contributed by atoms with Crippen molar-refractivity contribution in [1.29, 1.82) is 0 Å². The van der Waals surface area contributed by atoms with Gasteiger partial charge in [-0.15, -0.1) is 0 Å². The number of aliphatic hydroxyl groups excluding tert-OH is 2. The monoisotopic (exact) mass is 607 g/mol. The number of halogens is 1. The predicted octanol–water partition coefficient (Wildman–Crippen LogP) is 6.24. The van der Waals surface area contributed by atoms with Gasteiger partial charge in [0.15, 0.2) is 0 Å². The topological polar surface area (TPSA) is 104 Å². The number of nitrogens with zero attached hydrogens (tertiary/aromatic N) is 1. The quantitative estimate of drug-likeness (QED) is 0.381. The molecule has 0 aromatic heterocycles. The summed E-state index contributed by atoms with van der Waals surface area (Å²) in [4.78, 5) is 12.5. The molecule has 0 bridgehead atoms. The molecule has 11 atom stereocenters. The van der Waals surface area contributed by atoms with Crippen molar-refractivity contribution in [3.8, 4) is 0 Å². The SMILES string of the molecule is CC[C@H]1[C@@H](O)[C@@H]2[C@H](CC[C@]3(C)[C@@H]([C@H](C)CCOC(=O)N(C)S(=O)(=O)c4ccc(F)cc4)CC[C@@H]23)[C@@]2(C)CC[C@@H](O)C[C@@H]12. The highest BCUT2D eigenvalue weighted by molar-refractivity contribution is 7.89. The lowest BCUT2D eigenvalue weighted by Crippen LogP contribution is -2.62. The third-order valence-electron chi connectivity index (χ3n) is 12.7. The number of ether oxygens (including phenoxy) is 1. The molecule has 4 saturated carbocycles. The fraction of sp³-hybridized carbons (Fsp3) is 0.788.